The molecular formula is C27H24N2O4S2. The van der Waals surface area contributed by atoms with Crippen molar-refractivity contribution in [1.82, 2.24) is 0 Å². The normalized spacial score (nSPS) is 14.4. The molecule has 0 bridgehead atoms. The van der Waals surface area contributed by atoms with Crippen LogP contribution in [0.4, 0.5) is 11.4 Å². The van der Waals surface area contributed by atoms with Crippen LogP contribution in [-0.4, -0.2) is 29.9 Å². The molecular weight excluding hydrogens is 480 g/mol. The third kappa shape index (κ3) is 5.72. The highest BCUT2D eigenvalue weighted by Crippen LogP contribution is 2.37. The molecule has 0 saturated carbocycles. The lowest BCUT2D eigenvalue weighted by Gasteiger charge is -2.14. The van der Waals surface area contributed by atoms with Gasteiger partial charge in [0.1, 0.15) is 0 Å². The van der Waals surface area contributed by atoms with Crippen molar-refractivity contribution in [3.05, 3.63) is 88.3 Å². The van der Waals surface area contributed by atoms with Crippen molar-refractivity contribution in [1.29, 1.82) is 0 Å². The van der Waals surface area contributed by atoms with Gasteiger partial charge in [0, 0.05) is 5.69 Å². The average molecular weight is 505 g/mol. The van der Waals surface area contributed by atoms with Crippen LogP contribution in [0.25, 0.3) is 6.08 Å². The maximum absolute atomic E-state index is 13.0. The summed E-state index contributed by atoms with van der Waals surface area (Å²) in [4.78, 5) is 27.4. The molecule has 3 aromatic carbocycles. The van der Waals surface area contributed by atoms with Gasteiger partial charge in [-0.3, -0.25) is 14.5 Å². The van der Waals surface area contributed by atoms with E-state index >= 15 is 0 Å². The van der Waals surface area contributed by atoms with Crippen LogP contribution in [0.5, 0.6) is 11.5 Å². The van der Waals surface area contributed by atoms with E-state index in [4.69, 9.17) is 21.7 Å². The first-order valence-electron chi connectivity index (χ1n) is 10.9. The fourth-order valence-corrected chi connectivity index (χ4v) is 4.81. The predicted molar refractivity (Wildman–Crippen MR) is 145 cm³/mol. The average Bonchev–Trinajstić information content (AvgIpc) is 3.13. The molecule has 178 valence electrons. The quantitative estimate of drug-likeness (QED) is 0.327. The number of amides is 2. The number of carbonyl (C=O) groups excluding carboxylic acids is 2. The van der Waals surface area contributed by atoms with Gasteiger partial charge in [0.05, 0.1) is 17.7 Å². The molecule has 0 aromatic heterocycles. The topological polar surface area (TPSA) is 67.9 Å². The van der Waals surface area contributed by atoms with Crippen molar-refractivity contribution < 1.29 is 19.1 Å². The Labute approximate surface area is 213 Å². The van der Waals surface area contributed by atoms with Crippen molar-refractivity contribution in [3.63, 3.8) is 0 Å². The highest BCUT2D eigenvalue weighted by Gasteiger charge is 2.33. The summed E-state index contributed by atoms with van der Waals surface area (Å²) in [6, 6.07) is 20.5. The lowest BCUT2D eigenvalue weighted by atomic mass is 10.1. The van der Waals surface area contributed by atoms with Gasteiger partial charge in [0.25, 0.3) is 11.8 Å². The van der Waals surface area contributed by atoms with E-state index in [-0.39, 0.29) is 18.4 Å². The summed E-state index contributed by atoms with van der Waals surface area (Å²) in [5, 5.41) is 2.87. The van der Waals surface area contributed by atoms with Gasteiger partial charge in [-0.25, -0.2) is 0 Å². The molecule has 0 atom stereocenters. The first-order valence-corrected chi connectivity index (χ1v) is 12.1. The molecule has 0 unspecified atom stereocenters. The summed E-state index contributed by atoms with van der Waals surface area (Å²) in [6.45, 7) is 3.74. The molecule has 35 heavy (non-hydrogen) atoms. The molecule has 3 aromatic rings. The SMILES string of the molecule is COc1cc(/C=C2\SC(=S)N(c3ccccc3)C2=O)ccc1OCC(=O)Nc1cc(C)ccc1C. The zero-order chi connectivity index (χ0) is 24.9. The van der Waals surface area contributed by atoms with Crippen LogP contribution in [0.2, 0.25) is 0 Å². The Morgan fingerprint density at radius 2 is 1.83 bits per heavy atom. The third-order valence-electron chi connectivity index (χ3n) is 5.32. The molecule has 6 nitrogen and oxygen atoms in total. The number of carbonyl (C=O) groups is 2. The number of anilines is 2. The van der Waals surface area contributed by atoms with Crippen LogP contribution >= 0.6 is 24.0 Å². The first-order chi connectivity index (χ1) is 16.9. The number of ether oxygens (including phenoxy) is 2. The Morgan fingerprint density at radius 1 is 1.06 bits per heavy atom. The lowest BCUT2D eigenvalue weighted by Crippen LogP contribution is -2.27. The maximum Gasteiger partial charge on any atom is 0.270 e. The zero-order valence-corrected chi connectivity index (χ0v) is 21.2. The van der Waals surface area contributed by atoms with E-state index in [0.29, 0.717) is 20.7 Å². The van der Waals surface area contributed by atoms with Crippen molar-refractivity contribution in [3.8, 4) is 11.5 Å². The Morgan fingerprint density at radius 3 is 2.57 bits per heavy atom. The monoisotopic (exact) mass is 504 g/mol. The summed E-state index contributed by atoms with van der Waals surface area (Å²) in [5.41, 5.74) is 4.28. The largest absolute Gasteiger partial charge is 0.493 e. The minimum Gasteiger partial charge on any atom is -0.493 e. The number of nitrogens with zero attached hydrogens (tertiary/aromatic N) is 1. The van der Waals surface area contributed by atoms with Gasteiger partial charge in [0.15, 0.2) is 22.4 Å². The molecule has 1 saturated heterocycles. The minimum atomic E-state index is -0.269. The standard InChI is InChI=1S/C27H24N2O4S2/c1-17-9-10-18(2)21(13-17)28-25(30)16-33-22-12-11-19(14-23(22)32-3)15-24-26(31)29(27(34)35-24)20-7-5-4-6-8-20/h4-15H,16H2,1-3H3,(H,28,30)/b24-15-. The van der Waals surface area contributed by atoms with Crippen molar-refractivity contribution in [2.24, 2.45) is 0 Å². The molecule has 1 N–H and O–H groups in total. The van der Waals surface area contributed by atoms with Crippen molar-refractivity contribution >= 4 is 57.6 Å². The number of para-hydroxylation sites is 1. The van der Waals surface area contributed by atoms with E-state index in [9.17, 15) is 9.59 Å². The van der Waals surface area contributed by atoms with Crippen molar-refractivity contribution in [2.75, 3.05) is 23.9 Å². The number of hydrogen-bond acceptors (Lipinski definition) is 6. The van der Waals surface area contributed by atoms with Gasteiger partial charge < -0.3 is 14.8 Å². The summed E-state index contributed by atoms with van der Waals surface area (Å²) in [7, 11) is 1.52. The summed E-state index contributed by atoms with van der Waals surface area (Å²) in [6.07, 6.45) is 1.77. The van der Waals surface area contributed by atoms with E-state index in [2.05, 4.69) is 5.32 Å². The number of aryl methyl sites for hydroxylation is 2. The number of thiocarbonyl (C=S) groups is 1. The highest BCUT2D eigenvalue weighted by molar-refractivity contribution is 8.27. The van der Waals surface area contributed by atoms with Gasteiger partial charge >= 0.3 is 0 Å². The van der Waals surface area contributed by atoms with Gasteiger partial charge in [-0.15, -0.1) is 0 Å². The third-order valence-corrected chi connectivity index (χ3v) is 6.62. The van der Waals surface area contributed by atoms with Crippen LogP contribution in [0.15, 0.2) is 71.6 Å². The molecule has 0 aliphatic carbocycles. The molecule has 0 spiro atoms. The predicted octanol–water partition coefficient (Wildman–Crippen LogP) is 5.74. The van der Waals surface area contributed by atoms with Crippen LogP contribution in [0, 0.1) is 13.8 Å². The number of benzene rings is 3. The number of rotatable bonds is 7. The fraction of sp³-hybridized carbons (Fsp3) is 0.148. The van der Waals surface area contributed by atoms with Crippen LogP contribution in [0.3, 0.4) is 0 Å². The van der Waals surface area contributed by atoms with Gasteiger partial charge in [-0.1, -0.05) is 60.4 Å². The van der Waals surface area contributed by atoms with E-state index in [0.717, 1.165) is 28.1 Å². The molecule has 8 heteroatoms. The first kappa shape index (κ1) is 24.5. The molecule has 1 aliphatic rings. The second-order valence-corrected chi connectivity index (χ2v) is 9.59. The molecule has 0 radical (unpaired) electrons. The Kier molecular flexibility index (Phi) is 7.53. The summed E-state index contributed by atoms with van der Waals surface area (Å²) >= 11 is 6.68. The second kappa shape index (κ2) is 10.8. The van der Waals surface area contributed by atoms with Gasteiger partial charge in [-0.05, 0) is 66.9 Å². The highest BCUT2D eigenvalue weighted by atomic mass is 32.2. The molecule has 1 aliphatic heterocycles. The molecule has 1 heterocycles. The zero-order valence-electron chi connectivity index (χ0n) is 19.5. The summed E-state index contributed by atoms with van der Waals surface area (Å²) in [5.74, 6) is 0.442. The smallest absolute Gasteiger partial charge is 0.270 e. The van der Waals surface area contributed by atoms with E-state index in [1.54, 1.807) is 24.3 Å². The fourth-order valence-electron chi connectivity index (χ4n) is 3.51. The number of methoxy groups -OCH3 is 1. The Bertz CT molecular complexity index is 1320. The maximum atomic E-state index is 13.0. The minimum absolute atomic E-state index is 0.168. The molecule has 2 amide bonds. The molecule has 1 fully saturated rings. The van der Waals surface area contributed by atoms with Crippen LogP contribution in [0.1, 0.15) is 16.7 Å². The van der Waals surface area contributed by atoms with E-state index in [1.807, 2.05) is 62.4 Å². The van der Waals surface area contributed by atoms with Crippen LogP contribution < -0.4 is 19.7 Å². The van der Waals surface area contributed by atoms with Gasteiger partial charge in [0.2, 0.25) is 0 Å². The number of thioether (sulfide) groups is 1. The Balaban J connectivity index is 1.45. The van der Waals surface area contributed by atoms with E-state index in [1.165, 1.54) is 23.8 Å². The van der Waals surface area contributed by atoms with E-state index < -0.39 is 0 Å². The molecule has 4 rings (SSSR count). The van der Waals surface area contributed by atoms with Gasteiger partial charge in [-0.2, -0.15) is 0 Å². The van der Waals surface area contributed by atoms with Crippen LogP contribution in [-0.2, 0) is 9.59 Å². The second-order valence-electron chi connectivity index (χ2n) is 7.92. The van der Waals surface area contributed by atoms with Crippen molar-refractivity contribution in [2.45, 2.75) is 13.8 Å². The summed E-state index contributed by atoms with van der Waals surface area (Å²) < 4.78 is 11.7. The Hall–Kier alpha value is -3.62. The number of nitrogens with one attached hydrogen (secondary N) is 1. The number of hydrogen-bond donors (Lipinski definition) is 1. The lowest BCUT2D eigenvalue weighted by molar-refractivity contribution is -0.118.